The molecule has 100 valence electrons. The van der Waals surface area contributed by atoms with Crippen LogP contribution >= 0.6 is 11.8 Å². The molecule has 0 radical (unpaired) electrons. The zero-order chi connectivity index (χ0) is 13.2. The molecule has 1 fully saturated rings. The second-order valence-corrected chi connectivity index (χ2v) is 6.16. The molecule has 5 nitrogen and oxygen atoms in total. The Bertz CT molecular complexity index is 273. The van der Waals surface area contributed by atoms with Gasteiger partial charge in [0.2, 0.25) is 0 Å². The molecular weight excluding hydrogens is 240 g/mol. The SMILES string of the molecule is CC(O)C1CC(SC(=N)N(C)C)CC(O)C1O. The van der Waals surface area contributed by atoms with Gasteiger partial charge in [0.05, 0.1) is 18.3 Å². The van der Waals surface area contributed by atoms with Gasteiger partial charge in [0.25, 0.3) is 0 Å². The molecule has 1 aliphatic rings. The standard InChI is InChI=1S/C11H22N2O3S/c1-6(14)8-4-7(5-9(15)10(8)16)17-11(12)13(2)3/h6-10,12,14-16H,4-5H2,1-3H3. The Balaban J connectivity index is 2.61. The topological polar surface area (TPSA) is 87.8 Å². The molecule has 0 amide bonds. The van der Waals surface area contributed by atoms with E-state index in [4.69, 9.17) is 5.41 Å². The molecule has 1 saturated carbocycles. The van der Waals surface area contributed by atoms with E-state index in [-0.39, 0.29) is 11.2 Å². The first-order chi connectivity index (χ1) is 7.82. The fourth-order valence-electron chi connectivity index (χ4n) is 2.08. The Labute approximate surface area is 106 Å². The van der Waals surface area contributed by atoms with Crippen LogP contribution in [-0.2, 0) is 0 Å². The summed E-state index contributed by atoms with van der Waals surface area (Å²) < 4.78 is 0. The second kappa shape index (κ2) is 6.04. The molecule has 0 bridgehead atoms. The van der Waals surface area contributed by atoms with Crippen molar-refractivity contribution in [1.29, 1.82) is 5.41 Å². The predicted molar refractivity (Wildman–Crippen MR) is 69.2 cm³/mol. The van der Waals surface area contributed by atoms with Crippen molar-refractivity contribution >= 4 is 16.9 Å². The van der Waals surface area contributed by atoms with Crippen LogP contribution in [0.15, 0.2) is 0 Å². The lowest BCUT2D eigenvalue weighted by Crippen LogP contribution is -2.46. The molecule has 17 heavy (non-hydrogen) atoms. The summed E-state index contributed by atoms with van der Waals surface area (Å²) in [5.41, 5.74) is 0. The number of nitrogens with zero attached hydrogens (tertiary/aromatic N) is 1. The van der Waals surface area contributed by atoms with E-state index in [0.717, 1.165) is 0 Å². The minimum Gasteiger partial charge on any atom is -0.393 e. The number of hydrogen-bond acceptors (Lipinski definition) is 5. The third-order valence-electron chi connectivity index (χ3n) is 3.18. The van der Waals surface area contributed by atoms with Crippen LogP contribution in [0.2, 0.25) is 0 Å². The van der Waals surface area contributed by atoms with Gasteiger partial charge in [-0.25, -0.2) is 0 Å². The molecule has 5 unspecified atom stereocenters. The van der Waals surface area contributed by atoms with Crippen LogP contribution in [0.3, 0.4) is 0 Å². The monoisotopic (exact) mass is 262 g/mol. The van der Waals surface area contributed by atoms with Gasteiger partial charge in [-0.05, 0) is 19.8 Å². The Kier molecular flexibility index (Phi) is 5.24. The molecule has 0 saturated heterocycles. The van der Waals surface area contributed by atoms with Gasteiger partial charge in [0.15, 0.2) is 5.17 Å². The molecule has 0 aromatic carbocycles. The van der Waals surface area contributed by atoms with Crippen LogP contribution in [0.25, 0.3) is 0 Å². The van der Waals surface area contributed by atoms with Gasteiger partial charge in [0, 0.05) is 25.3 Å². The van der Waals surface area contributed by atoms with Gasteiger partial charge in [-0.2, -0.15) is 0 Å². The average Bonchev–Trinajstić information content (AvgIpc) is 2.22. The minimum absolute atomic E-state index is 0.0721. The lowest BCUT2D eigenvalue weighted by molar-refractivity contribution is -0.0765. The van der Waals surface area contributed by atoms with E-state index in [2.05, 4.69) is 0 Å². The lowest BCUT2D eigenvalue weighted by Gasteiger charge is -2.38. The summed E-state index contributed by atoms with van der Waals surface area (Å²) in [6.45, 7) is 1.63. The summed E-state index contributed by atoms with van der Waals surface area (Å²) in [6, 6.07) is 0. The lowest BCUT2D eigenvalue weighted by atomic mass is 9.81. The zero-order valence-electron chi connectivity index (χ0n) is 10.5. The number of aliphatic hydroxyl groups is 3. The molecule has 0 heterocycles. The Hall–Kier alpha value is -0.300. The molecule has 1 aliphatic carbocycles. The van der Waals surface area contributed by atoms with Crippen LogP contribution < -0.4 is 0 Å². The van der Waals surface area contributed by atoms with Gasteiger partial charge in [-0.3, -0.25) is 5.41 Å². The van der Waals surface area contributed by atoms with Crippen molar-refractivity contribution in [3.63, 3.8) is 0 Å². The number of aliphatic hydroxyl groups excluding tert-OH is 3. The van der Waals surface area contributed by atoms with Crippen molar-refractivity contribution in [2.45, 2.75) is 43.3 Å². The second-order valence-electron chi connectivity index (χ2n) is 4.87. The third-order valence-corrected chi connectivity index (χ3v) is 4.48. The fourth-order valence-corrected chi connectivity index (χ4v) is 3.21. The molecule has 1 rings (SSSR count). The minimum atomic E-state index is -0.861. The third kappa shape index (κ3) is 3.84. The van der Waals surface area contributed by atoms with Crippen LogP contribution in [0, 0.1) is 11.3 Å². The maximum absolute atomic E-state index is 9.79. The highest BCUT2D eigenvalue weighted by molar-refractivity contribution is 8.14. The number of thioether (sulfide) groups is 1. The summed E-state index contributed by atoms with van der Waals surface area (Å²) in [5, 5.41) is 37.4. The van der Waals surface area contributed by atoms with Crippen LogP contribution in [-0.4, -0.2) is 63.0 Å². The number of hydrogen-bond donors (Lipinski definition) is 4. The van der Waals surface area contributed by atoms with Gasteiger partial charge >= 0.3 is 0 Å². The molecule has 0 spiro atoms. The maximum atomic E-state index is 9.79. The molecule has 5 atom stereocenters. The van der Waals surface area contributed by atoms with Crippen molar-refractivity contribution in [2.24, 2.45) is 5.92 Å². The van der Waals surface area contributed by atoms with E-state index >= 15 is 0 Å². The highest BCUT2D eigenvalue weighted by Crippen LogP contribution is 2.35. The molecule has 4 N–H and O–H groups in total. The van der Waals surface area contributed by atoms with Gasteiger partial charge in [0.1, 0.15) is 0 Å². The van der Waals surface area contributed by atoms with Crippen molar-refractivity contribution < 1.29 is 15.3 Å². The Morgan fingerprint density at radius 2 is 1.94 bits per heavy atom. The number of amidine groups is 1. The first-order valence-electron chi connectivity index (χ1n) is 5.79. The van der Waals surface area contributed by atoms with Gasteiger partial charge < -0.3 is 20.2 Å². The molecule has 0 aromatic heterocycles. The highest BCUT2D eigenvalue weighted by Gasteiger charge is 2.38. The van der Waals surface area contributed by atoms with E-state index < -0.39 is 18.3 Å². The van der Waals surface area contributed by atoms with Crippen molar-refractivity contribution in [1.82, 2.24) is 4.90 Å². The van der Waals surface area contributed by atoms with E-state index in [1.165, 1.54) is 11.8 Å². The summed E-state index contributed by atoms with van der Waals surface area (Å²) in [7, 11) is 3.60. The van der Waals surface area contributed by atoms with Gasteiger partial charge in [-0.15, -0.1) is 0 Å². The van der Waals surface area contributed by atoms with Crippen molar-refractivity contribution in [3.05, 3.63) is 0 Å². The highest BCUT2D eigenvalue weighted by atomic mass is 32.2. The summed E-state index contributed by atoms with van der Waals surface area (Å²) in [6.07, 6.45) is -1.23. The largest absolute Gasteiger partial charge is 0.393 e. The van der Waals surface area contributed by atoms with E-state index in [0.29, 0.717) is 18.0 Å². The quantitative estimate of drug-likeness (QED) is 0.419. The number of rotatable bonds is 2. The van der Waals surface area contributed by atoms with Crippen LogP contribution in [0.1, 0.15) is 19.8 Å². The maximum Gasteiger partial charge on any atom is 0.156 e. The van der Waals surface area contributed by atoms with Crippen LogP contribution in [0.5, 0.6) is 0 Å². The molecular formula is C11H22N2O3S. The molecule has 6 heteroatoms. The Morgan fingerprint density at radius 1 is 1.35 bits per heavy atom. The van der Waals surface area contributed by atoms with E-state index in [1.54, 1.807) is 25.9 Å². The van der Waals surface area contributed by atoms with Crippen molar-refractivity contribution in [3.8, 4) is 0 Å². The van der Waals surface area contributed by atoms with Gasteiger partial charge in [-0.1, -0.05) is 11.8 Å². The Morgan fingerprint density at radius 3 is 2.41 bits per heavy atom. The fraction of sp³-hybridized carbons (Fsp3) is 0.909. The first kappa shape index (κ1) is 14.8. The number of nitrogens with one attached hydrogen (secondary N) is 1. The predicted octanol–water partition coefficient (Wildman–Crippen LogP) is 0.0972. The van der Waals surface area contributed by atoms with E-state index in [9.17, 15) is 15.3 Å². The normalized spacial score (nSPS) is 35.4. The van der Waals surface area contributed by atoms with Crippen LogP contribution in [0.4, 0.5) is 0 Å². The molecule has 0 aromatic rings. The average molecular weight is 262 g/mol. The van der Waals surface area contributed by atoms with E-state index in [1.807, 2.05) is 0 Å². The summed E-state index contributed by atoms with van der Waals surface area (Å²) in [5.74, 6) is -0.314. The van der Waals surface area contributed by atoms with Crippen molar-refractivity contribution in [2.75, 3.05) is 14.1 Å². The zero-order valence-corrected chi connectivity index (χ0v) is 11.3. The smallest absolute Gasteiger partial charge is 0.156 e. The summed E-state index contributed by atoms with van der Waals surface area (Å²) >= 11 is 1.38. The summed E-state index contributed by atoms with van der Waals surface area (Å²) in [4.78, 5) is 1.71. The molecule has 0 aliphatic heterocycles. The first-order valence-corrected chi connectivity index (χ1v) is 6.67.